The van der Waals surface area contributed by atoms with Gasteiger partial charge in [-0.05, 0) is 109 Å². The predicted molar refractivity (Wildman–Crippen MR) is 200 cm³/mol. The first-order valence-electron chi connectivity index (χ1n) is 19.4. The second-order valence-electron chi connectivity index (χ2n) is 13.5. The molecule has 0 spiro atoms. The maximum absolute atomic E-state index is 5.23. The molecule has 0 atom stereocenters. The summed E-state index contributed by atoms with van der Waals surface area (Å²) < 4.78 is 2.25. The molecular weight excluding hydrogens is 544 g/mol. The Balaban J connectivity index is 2.33. The van der Waals surface area contributed by atoms with Crippen LogP contribution < -0.4 is 0 Å². The SMILES string of the molecule is CCCCCCCCc1cc(C)cc(N=[N+](CC)C(=Cc2cc(CC)c(CCCCCC)c(CCCCCCCC)c2)CC)c1. The third kappa shape index (κ3) is 15.3. The Morgan fingerprint density at radius 2 is 1.16 bits per heavy atom. The van der Waals surface area contributed by atoms with Crippen molar-refractivity contribution in [1.82, 2.24) is 0 Å². The molecule has 0 unspecified atom stereocenters. The van der Waals surface area contributed by atoms with E-state index in [-0.39, 0.29) is 0 Å². The van der Waals surface area contributed by atoms with E-state index in [0.29, 0.717) is 0 Å². The lowest BCUT2D eigenvalue weighted by molar-refractivity contribution is -0.539. The minimum atomic E-state index is 0.876. The van der Waals surface area contributed by atoms with Crippen molar-refractivity contribution in [2.45, 2.75) is 183 Å². The van der Waals surface area contributed by atoms with Gasteiger partial charge < -0.3 is 0 Å². The van der Waals surface area contributed by atoms with Gasteiger partial charge in [-0.3, -0.25) is 0 Å². The lowest BCUT2D eigenvalue weighted by Crippen LogP contribution is -2.08. The molecule has 2 aromatic carbocycles. The topological polar surface area (TPSA) is 15.4 Å². The van der Waals surface area contributed by atoms with E-state index in [1.807, 2.05) is 0 Å². The summed E-state index contributed by atoms with van der Waals surface area (Å²) in [4.78, 5) is 0. The van der Waals surface area contributed by atoms with Crippen LogP contribution in [0.2, 0.25) is 0 Å². The van der Waals surface area contributed by atoms with Crippen molar-refractivity contribution in [2.24, 2.45) is 5.11 Å². The molecule has 0 saturated carbocycles. The van der Waals surface area contributed by atoms with Gasteiger partial charge in [0.15, 0.2) is 6.54 Å². The molecule has 0 heterocycles. The van der Waals surface area contributed by atoms with E-state index in [1.165, 1.54) is 138 Å². The maximum Gasteiger partial charge on any atom is 0.208 e. The number of azo groups is 2. The van der Waals surface area contributed by atoms with Gasteiger partial charge in [-0.25, -0.2) is 0 Å². The Bertz CT molecular complexity index is 1140. The van der Waals surface area contributed by atoms with Gasteiger partial charge in [-0.1, -0.05) is 141 Å². The summed E-state index contributed by atoms with van der Waals surface area (Å²) in [5, 5.41) is 5.23. The zero-order valence-electron chi connectivity index (χ0n) is 30.9. The van der Waals surface area contributed by atoms with Crippen LogP contribution in [-0.2, 0) is 25.7 Å². The molecule has 0 aliphatic carbocycles. The number of hydrogen-bond donors (Lipinski definition) is 0. The second-order valence-corrected chi connectivity index (χ2v) is 13.5. The highest BCUT2D eigenvalue weighted by Gasteiger charge is 2.15. The molecule has 0 radical (unpaired) electrons. The molecule has 0 bridgehead atoms. The minimum Gasteiger partial charge on any atom is -0.0882 e. The molecule has 0 amide bonds. The predicted octanol–water partition coefficient (Wildman–Crippen LogP) is 14.1. The fraction of sp³-hybridized carbons (Fsp3) is 0.674. The number of rotatable bonds is 25. The molecule has 0 aromatic heterocycles. The summed E-state index contributed by atoms with van der Waals surface area (Å²) in [6.45, 7) is 16.9. The van der Waals surface area contributed by atoms with Crippen LogP contribution >= 0.6 is 0 Å². The summed E-state index contributed by atoms with van der Waals surface area (Å²) in [7, 11) is 0. The van der Waals surface area contributed by atoms with Crippen molar-refractivity contribution in [1.29, 1.82) is 0 Å². The van der Waals surface area contributed by atoms with Crippen LogP contribution in [0.15, 0.2) is 41.1 Å². The van der Waals surface area contributed by atoms with Gasteiger partial charge in [-0.15, -0.1) is 0 Å². The molecule has 2 rings (SSSR count). The summed E-state index contributed by atoms with van der Waals surface area (Å²) >= 11 is 0. The Kier molecular flexibility index (Phi) is 20.8. The summed E-state index contributed by atoms with van der Waals surface area (Å²) in [5.74, 6) is 0. The average Bonchev–Trinajstić information content (AvgIpc) is 3.04. The van der Waals surface area contributed by atoms with Crippen LogP contribution in [0.3, 0.4) is 0 Å². The molecule has 0 aliphatic rings. The van der Waals surface area contributed by atoms with Crippen LogP contribution in [0.25, 0.3) is 6.08 Å². The monoisotopic (exact) mass is 616 g/mol. The van der Waals surface area contributed by atoms with Gasteiger partial charge in [-0.2, -0.15) is 0 Å². The Morgan fingerprint density at radius 1 is 0.600 bits per heavy atom. The number of hydrogen-bond acceptors (Lipinski definition) is 1. The van der Waals surface area contributed by atoms with Crippen molar-refractivity contribution >= 4 is 11.8 Å². The van der Waals surface area contributed by atoms with Crippen molar-refractivity contribution < 1.29 is 4.70 Å². The Morgan fingerprint density at radius 3 is 1.76 bits per heavy atom. The average molecular weight is 616 g/mol. The number of unbranched alkanes of at least 4 members (excludes halogenated alkanes) is 13. The lowest BCUT2D eigenvalue weighted by atomic mass is 9.89. The smallest absolute Gasteiger partial charge is 0.0882 e. The standard InChI is InChI=1S/C43H71N2/c1-8-14-17-20-22-24-27-37-30-36(7)31-41(34-37)44-45(13-6)42(12-5)35-38-32-39(11-4)43(29-26-19-16-10-3)40(33-38)28-25-23-21-18-15-9-2/h30-35H,8-29H2,1-7H3/q+1. The third-order valence-electron chi connectivity index (χ3n) is 9.42. The first-order chi connectivity index (χ1) is 22.0. The first kappa shape index (κ1) is 39.0. The maximum atomic E-state index is 5.23. The summed E-state index contributed by atoms with van der Waals surface area (Å²) in [5.41, 5.74) is 11.4. The fourth-order valence-electron chi connectivity index (χ4n) is 6.77. The zero-order chi connectivity index (χ0) is 32.7. The molecule has 0 aliphatic heterocycles. The van der Waals surface area contributed by atoms with Crippen LogP contribution in [-0.4, -0.2) is 11.2 Å². The van der Waals surface area contributed by atoms with E-state index in [2.05, 4.69) is 89.6 Å². The lowest BCUT2D eigenvalue weighted by Gasteiger charge is -2.16. The van der Waals surface area contributed by atoms with E-state index in [0.717, 1.165) is 31.5 Å². The molecular formula is C43H71N2+. The van der Waals surface area contributed by atoms with E-state index in [9.17, 15) is 0 Å². The van der Waals surface area contributed by atoms with E-state index in [1.54, 1.807) is 16.7 Å². The third-order valence-corrected chi connectivity index (χ3v) is 9.42. The second kappa shape index (κ2) is 24.0. The Labute approximate surface area is 280 Å². The molecule has 2 aromatic rings. The number of aryl methyl sites for hydroxylation is 4. The summed E-state index contributed by atoms with van der Waals surface area (Å²) in [6.07, 6.45) is 29.7. The largest absolute Gasteiger partial charge is 0.208 e. The van der Waals surface area contributed by atoms with Crippen molar-refractivity contribution in [3.05, 3.63) is 69.4 Å². The highest BCUT2D eigenvalue weighted by molar-refractivity contribution is 5.56. The normalized spacial score (nSPS) is 12.3. The number of nitrogens with zero attached hydrogens (tertiary/aromatic N) is 2. The molecule has 0 N–H and O–H groups in total. The molecule has 2 heteroatoms. The quantitative estimate of drug-likeness (QED) is 0.0600. The molecule has 2 nitrogen and oxygen atoms in total. The van der Waals surface area contributed by atoms with Gasteiger partial charge in [0.2, 0.25) is 5.70 Å². The van der Waals surface area contributed by atoms with Crippen molar-refractivity contribution in [3.63, 3.8) is 0 Å². The van der Waals surface area contributed by atoms with Crippen molar-refractivity contribution in [3.8, 4) is 0 Å². The van der Waals surface area contributed by atoms with Gasteiger partial charge in [0, 0.05) is 12.5 Å². The van der Waals surface area contributed by atoms with E-state index < -0.39 is 0 Å². The van der Waals surface area contributed by atoms with Crippen LogP contribution in [0.5, 0.6) is 0 Å². The van der Waals surface area contributed by atoms with Crippen LogP contribution in [0.4, 0.5) is 5.69 Å². The van der Waals surface area contributed by atoms with Gasteiger partial charge in [0.05, 0.1) is 0 Å². The van der Waals surface area contributed by atoms with Gasteiger partial charge in [0.25, 0.3) is 0 Å². The van der Waals surface area contributed by atoms with Gasteiger partial charge >= 0.3 is 0 Å². The van der Waals surface area contributed by atoms with E-state index in [4.69, 9.17) is 5.11 Å². The van der Waals surface area contributed by atoms with Crippen LogP contribution in [0, 0.1) is 6.92 Å². The first-order valence-corrected chi connectivity index (χ1v) is 19.4. The van der Waals surface area contributed by atoms with E-state index >= 15 is 0 Å². The number of allylic oxidation sites excluding steroid dienone is 1. The molecule has 0 saturated heterocycles. The fourth-order valence-corrected chi connectivity index (χ4v) is 6.77. The molecule has 252 valence electrons. The molecule has 45 heavy (non-hydrogen) atoms. The van der Waals surface area contributed by atoms with Crippen molar-refractivity contribution in [2.75, 3.05) is 6.54 Å². The van der Waals surface area contributed by atoms with Crippen LogP contribution in [0.1, 0.15) is 184 Å². The molecule has 0 fully saturated rings. The summed E-state index contributed by atoms with van der Waals surface area (Å²) in [6, 6.07) is 12.0. The zero-order valence-corrected chi connectivity index (χ0v) is 30.9. The Hall–Kier alpha value is -2.22. The number of benzene rings is 2. The highest BCUT2D eigenvalue weighted by Crippen LogP contribution is 2.27. The van der Waals surface area contributed by atoms with Gasteiger partial charge in [0.1, 0.15) is 5.69 Å². The minimum absolute atomic E-state index is 0.876. The highest BCUT2D eigenvalue weighted by atomic mass is 15.3.